The fourth-order valence-corrected chi connectivity index (χ4v) is 2.40. The third kappa shape index (κ3) is 6.94. The molecule has 22 heavy (non-hydrogen) atoms. The lowest BCUT2D eigenvalue weighted by Gasteiger charge is -2.15. The predicted molar refractivity (Wildman–Crippen MR) is 88.9 cm³/mol. The van der Waals surface area contributed by atoms with E-state index in [2.05, 4.69) is 12.2 Å². The SMILES string of the molecule is CCCCCCCCCOC(=O)C(NC)c1ccc(O)cc1. The molecule has 124 valence electrons. The van der Waals surface area contributed by atoms with Gasteiger partial charge < -0.3 is 15.2 Å². The molecule has 0 saturated heterocycles. The lowest BCUT2D eigenvalue weighted by molar-refractivity contribution is -0.146. The van der Waals surface area contributed by atoms with E-state index in [9.17, 15) is 9.90 Å². The van der Waals surface area contributed by atoms with Gasteiger partial charge in [0.05, 0.1) is 6.61 Å². The average Bonchev–Trinajstić information content (AvgIpc) is 2.52. The van der Waals surface area contributed by atoms with Gasteiger partial charge in [0.1, 0.15) is 11.8 Å². The maximum Gasteiger partial charge on any atom is 0.327 e. The molecule has 0 bridgehead atoms. The van der Waals surface area contributed by atoms with Gasteiger partial charge in [0.2, 0.25) is 0 Å². The number of hydrogen-bond acceptors (Lipinski definition) is 4. The Hall–Kier alpha value is -1.55. The predicted octanol–water partition coefficient (Wildman–Crippen LogP) is 3.95. The first-order valence-corrected chi connectivity index (χ1v) is 8.32. The molecule has 4 nitrogen and oxygen atoms in total. The molecule has 2 N–H and O–H groups in total. The Labute approximate surface area is 133 Å². The Morgan fingerprint density at radius 3 is 2.27 bits per heavy atom. The molecular formula is C18H29NO3. The van der Waals surface area contributed by atoms with Crippen LogP contribution in [0, 0.1) is 0 Å². The maximum atomic E-state index is 12.1. The highest BCUT2D eigenvalue weighted by Crippen LogP contribution is 2.18. The fourth-order valence-electron chi connectivity index (χ4n) is 2.40. The number of likely N-dealkylation sites (N-methyl/N-ethyl adjacent to an activating group) is 1. The zero-order valence-electron chi connectivity index (χ0n) is 13.8. The van der Waals surface area contributed by atoms with Crippen LogP contribution in [0.2, 0.25) is 0 Å². The zero-order chi connectivity index (χ0) is 16.2. The van der Waals surface area contributed by atoms with Gasteiger partial charge in [-0.25, -0.2) is 4.79 Å². The Balaban J connectivity index is 2.24. The third-order valence-corrected chi connectivity index (χ3v) is 3.74. The van der Waals surface area contributed by atoms with E-state index in [-0.39, 0.29) is 11.7 Å². The van der Waals surface area contributed by atoms with Crippen molar-refractivity contribution in [3.63, 3.8) is 0 Å². The Morgan fingerprint density at radius 2 is 1.68 bits per heavy atom. The lowest BCUT2D eigenvalue weighted by Crippen LogP contribution is -2.27. The molecule has 0 aliphatic heterocycles. The first-order valence-electron chi connectivity index (χ1n) is 8.32. The van der Waals surface area contributed by atoms with Crippen LogP contribution in [0.3, 0.4) is 0 Å². The molecule has 4 heteroatoms. The van der Waals surface area contributed by atoms with Crippen molar-refractivity contribution in [3.05, 3.63) is 29.8 Å². The Kier molecular flexibility index (Phi) is 9.31. The minimum absolute atomic E-state index is 0.190. The van der Waals surface area contributed by atoms with Crippen molar-refractivity contribution < 1.29 is 14.6 Å². The summed E-state index contributed by atoms with van der Waals surface area (Å²) in [4.78, 5) is 12.1. The Morgan fingerprint density at radius 1 is 1.09 bits per heavy atom. The zero-order valence-corrected chi connectivity index (χ0v) is 13.8. The average molecular weight is 307 g/mol. The second-order valence-corrected chi connectivity index (χ2v) is 5.60. The summed E-state index contributed by atoms with van der Waals surface area (Å²) in [6.45, 7) is 2.69. The summed E-state index contributed by atoms with van der Waals surface area (Å²) in [7, 11) is 1.73. The molecule has 0 spiro atoms. The number of esters is 1. The van der Waals surface area contributed by atoms with Crippen LogP contribution in [0.1, 0.15) is 63.5 Å². The number of unbranched alkanes of at least 4 members (excludes halogenated alkanes) is 6. The van der Waals surface area contributed by atoms with Crippen LogP contribution in [0.25, 0.3) is 0 Å². The molecule has 1 atom stereocenters. The van der Waals surface area contributed by atoms with Gasteiger partial charge in [-0.05, 0) is 31.2 Å². The first kappa shape index (κ1) is 18.5. The van der Waals surface area contributed by atoms with E-state index in [1.807, 2.05) is 0 Å². The van der Waals surface area contributed by atoms with Crippen molar-refractivity contribution >= 4 is 5.97 Å². The van der Waals surface area contributed by atoms with Crippen LogP contribution in [0.15, 0.2) is 24.3 Å². The van der Waals surface area contributed by atoms with Crippen molar-refractivity contribution in [1.29, 1.82) is 0 Å². The highest BCUT2D eigenvalue weighted by molar-refractivity contribution is 5.77. The molecule has 0 aliphatic carbocycles. The minimum atomic E-state index is -0.481. The molecule has 0 radical (unpaired) electrons. The number of carbonyl (C=O) groups excluding carboxylic acids is 1. The molecule has 0 amide bonds. The summed E-state index contributed by atoms with van der Waals surface area (Å²) in [5.74, 6) is -0.0748. The van der Waals surface area contributed by atoms with Gasteiger partial charge >= 0.3 is 5.97 Å². The lowest BCUT2D eigenvalue weighted by atomic mass is 10.1. The summed E-state index contributed by atoms with van der Waals surface area (Å²) < 4.78 is 5.34. The van der Waals surface area contributed by atoms with E-state index in [1.165, 1.54) is 32.1 Å². The van der Waals surface area contributed by atoms with Crippen LogP contribution in [0.4, 0.5) is 0 Å². The van der Waals surface area contributed by atoms with Crippen molar-refractivity contribution in [2.24, 2.45) is 0 Å². The highest BCUT2D eigenvalue weighted by Gasteiger charge is 2.19. The Bertz CT molecular complexity index is 417. The third-order valence-electron chi connectivity index (χ3n) is 3.74. The molecule has 0 saturated carbocycles. The van der Waals surface area contributed by atoms with Gasteiger partial charge in [-0.2, -0.15) is 0 Å². The van der Waals surface area contributed by atoms with E-state index in [0.717, 1.165) is 18.4 Å². The molecule has 0 fully saturated rings. The van der Waals surface area contributed by atoms with E-state index >= 15 is 0 Å². The molecule has 1 rings (SSSR count). The van der Waals surface area contributed by atoms with Crippen LogP contribution < -0.4 is 5.32 Å². The smallest absolute Gasteiger partial charge is 0.327 e. The van der Waals surface area contributed by atoms with Gasteiger partial charge in [0.15, 0.2) is 0 Å². The van der Waals surface area contributed by atoms with Gasteiger partial charge in [-0.1, -0.05) is 57.6 Å². The van der Waals surface area contributed by atoms with E-state index in [0.29, 0.717) is 6.61 Å². The topological polar surface area (TPSA) is 58.6 Å². The number of hydrogen-bond donors (Lipinski definition) is 2. The number of carbonyl (C=O) groups is 1. The first-order chi connectivity index (χ1) is 10.7. The number of aromatic hydroxyl groups is 1. The summed E-state index contributed by atoms with van der Waals surface area (Å²) in [5.41, 5.74) is 0.796. The number of phenols is 1. The summed E-state index contributed by atoms with van der Waals surface area (Å²) in [5, 5.41) is 12.2. The summed E-state index contributed by atoms with van der Waals surface area (Å²) in [6, 6.07) is 6.12. The van der Waals surface area contributed by atoms with Crippen LogP contribution in [0.5, 0.6) is 5.75 Å². The van der Waals surface area contributed by atoms with E-state index in [4.69, 9.17) is 4.74 Å². The second-order valence-electron chi connectivity index (χ2n) is 5.60. The number of nitrogens with one attached hydrogen (secondary N) is 1. The van der Waals surface area contributed by atoms with Crippen molar-refractivity contribution in [1.82, 2.24) is 5.32 Å². The molecule has 1 aromatic rings. The van der Waals surface area contributed by atoms with Crippen LogP contribution >= 0.6 is 0 Å². The molecule has 1 aromatic carbocycles. The standard InChI is InChI=1S/C18H29NO3/c1-3-4-5-6-7-8-9-14-22-18(21)17(19-2)15-10-12-16(20)13-11-15/h10-13,17,19-20H,3-9,14H2,1-2H3. The van der Waals surface area contributed by atoms with Gasteiger partial charge in [-0.3, -0.25) is 0 Å². The van der Waals surface area contributed by atoms with Crippen molar-refractivity contribution in [3.8, 4) is 5.75 Å². The quantitative estimate of drug-likeness (QED) is 0.480. The van der Waals surface area contributed by atoms with E-state index < -0.39 is 6.04 Å². The molecule has 0 heterocycles. The summed E-state index contributed by atoms with van der Waals surface area (Å²) in [6.07, 6.45) is 8.40. The fraction of sp³-hybridized carbons (Fsp3) is 0.611. The molecular weight excluding hydrogens is 278 g/mol. The van der Waals surface area contributed by atoms with Gasteiger partial charge in [-0.15, -0.1) is 0 Å². The maximum absolute atomic E-state index is 12.1. The van der Waals surface area contributed by atoms with Crippen molar-refractivity contribution in [2.75, 3.05) is 13.7 Å². The van der Waals surface area contributed by atoms with Crippen LogP contribution in [-0.2, 0) is 9.53 Å². The van der Waals surface area contributed by atoms with Crippen LogP contribution in [-0.4, -0.2) is 24.7 Å². The summed E-state index contributed by atoms with van der Waals surface area (Å²) >= 11 is 0. The normalized spacial score (nSPS) is 12.1. The van der Waals surface area contributed by atoms with Gasteiger partial charge in [0, 0.05) is 0 Å². The number of benzene rings is 1. The van der Waals surface area contributed by atoms with Crippen molar-refractivity contribution in [2.45, 2.75) is 57.9 Å². The van der Waals surface area contributed by atoms with Gasteiger partial charge in [0.25, 0.3) is 0 Å². The molecule has 0 aliphatic rings. The number of ether oxygens (including phenoxy) is 1. The molecule has 1 unspecified atom stereocenters. The monoisotopic (exact) mass is 307 g/mol. The largest absolute Gasteiger partial charge is 0.508 e. The number of rotatable bonds is 11. The second kappa shape index (κ2) is 11.1. The van der Waals surface area contributed by atoms with E-state index in [1.54, 1.807) is 31.3 Å². The molecule has 0 aromatic heterocycles. The highest BCUT2D eigenvalue weighted by atomic mass is 16.5. The number of phenolic OH excluding ortho intramolecular Hbond substituents is 1. The minimum Gasteiger partial charge on any atom is -0.508 e.